The van der Waals surface area contributed by atoms with Gasteiger partial charge in [0, 0.05) is 25.6 Å². The van der Waals surface area contributed by atoms with Gasteiger partial charge in [0.15, 0.2) is 0 Å². The van der Waals surface area contributed by atoms with E-state index in [9.17, 15) is 10.0 Å². The third-order valence-electron chi connectivity index (χ3n) is 3.88. The van der Waals surface area contributed by atoms with Crippen LogP contribution in [0.25, 0.3) is 0 Å². The number of carbonyl (C=O) groups is 1. The van der Waals surface area contributed by atoms with Gasteiger partial charge in [-0.2, -0.15) is 5.06 Å². The molecule has 0 aromatic heterocycles. The molecule has 1 rings (SSSR count). The van der Waals surface area contributed by atoms with Crippen LogP contribution in [0, 0.1) is 5.92 Å². The molecule has 0 spiro atoms. The Hall–Kier alpha value is -0.650. The van der Waals surface area contributed by atoms with Crippen molar-refractivity contribution in [2.45, 2.75) is 51.9 Å². The highest BCUT2D eigenvalue weighted by Crippen LogP contribution is 2.22. The van der Waals surface area contributed by atoms with Gasteiger partial charge in [-0.25, -0.2) is 0 Å². The van der Waals surface area contributed by atoms with Gasteiger partial charge >= 0.3 is 0 Å². The molecule has 0 radical (unpaired) electrons. The molecule has 118 valence electrons. The summed E-state index contributed by atoms with van der Waals surface area (Å²) in [6.07, 6.45) is 8.27. The van der Waals surface area contributed by atoms with Crippen LogP contribution in [0.5, 0.6) is 0 Å². The average molecular weight is 286 g/mol. The lowest BCUT2D eigenvalue weighted by Gasteiger charge is -2.19. The first-order chi connectivity index (χ1) is 9.74. The Labute approximate surface area is 122 Å². The molecule has 1 fully saturated rings. The summed E-state index contributed by atoms with van der Waals surface area (Å²) in [5.74, 6) is 0.385. The highest BCUT2D eigenvalue weighted by Gasteiger charge is 2.18. The van der Waals surface area contributed by atoms with E-state index >= 15 is 0 Å². The number of hydrogen-bond acceptors (Lipinski definition) is 4. The Morgan fingerprint density at radius 3 is 2.50 bits per heavy atom. The second-order valence-electron chi connectivity index (χ2n) is 5.49. The van der Waals surface area contributed by atoms with Crippen molar-refractivity contribution < 1.29 is 14.7 Å². The molecular formula is C15H30N2O3. The summed E-state index contributed by atoms with van der Waals surface area (Å²) in [4.78, 5) is 12.0. The van der Waals surface area contributed by atoms with Gasteiger partial charge in [0.25, 0.3) is 0 Å². The Kier molecular flexibility index (Phi) is 9.62. The summed E-state index contributed by atoms with van der Waals surface area (Å²) >= 11 is 0. The minimum Gasteiger partial charge on any atom is -0.378 e. The Morgan fingerprint density at radius 2 is 1.85 bits per heavy atom. The number of hydroxylamine groups is 2. The second-order valence-corrected chi connectivity index (χ2v) is 5.49. The molecule has 0 heterocycles. The minimum absolute atomic E-state index is 0.188. The predicted octanol–water partition coefficient (Wildman–Crippen LogP) is 2.19. The predicted molar refractivity (Wildman–Crippen MR) is 78.7 cm³/mol. The zero-order valence-corrected chi connectivity index (χ0v) is 12.8. The van der Waals surface area contributed by atoms with E-state index in [1.54, 1.807) is 0 Å². The normalized spacial score (nSPS) is 17.8. The summed E-state index contributed by atoms with van der Waals surface area (Å²) in [6, 6.07) is 0. The van der Waals surface area contributed by atoms with Gasteiger partial charge in [-0.15, -0.1) is 0 Å². The molecule has 5 nitrogen and oxygen atoms in total. The third kappa shape index (κ3) is 7.82. The molecule has 0 saturated heterocycles. The van der Waals surface area contributed by atoms with Gasteiger partial charge in [-0.05, 0) is 12.8 Å². The van der Waals surface area contributed by atoms with Crippen molar-refractivity contribution in [1.29, 1.82) is 0 Å². The lowest BCUT2D eigenvalue weighted by molar-refractivity contribution is -0.126. The number of nitrogens with zero attached hydrogens (tertiary/aromatic N) is 1. The zero-order chi connectivity index (χ0) is 14.6. The average Bonchev–Trinajstić information content (AvgIpc) is 2.41. The van der Waals surface area contributed by atoms with Gasteiger partial charge in [0.1, 0.15) is 0 Å². The van der Waals surface area contributed by atoms with Crippen molar-refractivity contribution in [2.75, 3.05) is 32.8 Å². The molecular weight excluding hydrogens is 256 g/mol. The van der Waals surface area contributed by atoms with Crippen LogP contribution in [-0.2, 0) is 9.53 Å². The van der Waals surface area contributed by atoms with Crippen LogP contribution in [-0.4, -0.2) is 49.0 Å². The van der Waals surface area contributed by atoms with E-state index in [2.05, 4.69) is 5.32 Å². The third-order valence-corrected chi connectivity index (χ3v) is 3.88. The summed E-state index contributed by atoms with van der Waals surface area (Å²) in [5.41, 5.74) is 0. The van der Waals surface area contributed by atoms with Crippen molar-refractivity contribution >= 4 is 5.91 Å². The topological polar surface area (TPSA) is 61.8 Å². The van der Waals surface area contributed by atoms with E-state index in [1.165, 1.54) is 37.2 Å². The summed E-state index contributed by atoms with van der Waals surface area (Å²) in [5, 5.41) is 13.4. The van der Waals surface area contributed by atoms with Crippen molar-refractivity contribution in [2.24, 2.45) is 5.92 Å². The number of nitrogens with one attached hydrogen (secondary N) is 1. The lowest BCUT2D eigenvalue weighted by Crippen LogP contribution is -2.34. The molecule has 0 bridgehead atoms. The molecule has 1 amide bonds. The molecule has 0 aliphatic heterocycles. The standard InChI is InChI=1S/C15H30N2O3/c1-2-17(19)11-13-20-12-10-16-15(18)14-8-6-4-3-5-7-9-14/h14,19H,2-13H2,1H3,(H,16,18). The first kappa shape index (κ1) is 17.4. The highest BCUT2D eigenvalue weighted by atomic mass is 16.5. The number of hydrogen-bond donors (Lipinski definition) is 2. The first-order valence-corrected chi connectivity index (χ1v) is 8.03. The molecule has 0 aromatic carbocycles. The smallest absolute Gasteiger partial charge is 0.223 e. The molecule has 20 heavy (non-hydrogen) atoms. The second kappa shape index (κ2) is 11.1. The summed E-state index contributed by atoms with van der Waals surface area (Å²) in [6.45, 7) is 4.55. The molecule has 1 aliphatic carbocycles. The fraction of sp³-hybridized carbons (Fsp3) is 0.933. The van der Waals surface area contributed by atoms with Crippen LogP contribution in [0.1, 0.15) is 51.9 Å². The lowest BCUT2D eigenvalue weighted by atomic mass is 9.90. The molecule has 1 saturated carbocycles. The highest BCUT2D eigenvalue weighted by molar-refractivity contribution is 5.78. The summed E-state index contributed by atoms with van der Waals surface area (Å²) in [7, 11) is 0. The van der Waals surface area contributed by atoms with E-state index < -0.39 is 0 Å². The van der Waals surface area contributed by atoms with Crippen LogP contribution < -0.4 is 5.32 Å². The molecule has 1 aliphatic rings. The minimum atomic E-state index is 0.188. The fourth-order valence-corrected chi connectivity index (χ4v) is 2.54. The Morgan fingerprint density at radius 1 is 1.20 bits per heavy atom. The zero-order valence-electron chi connectivity index (χ0n) is 12.8. The van der Waals surface area contributed by atoms with Gasteiger partial charge in [-0.3, -0.25) is 4.79 Å². The van der Waals surface area contributed by atoms with E-state index in [0.717, 1.165) is 12.8 Å². The molecule has 0 unspecified atom stereocenters. The molecule has 5 heteroatoms. The van der Waals surface area contributed by atoms with Crippen molar-refractivity contribution in [3.05, 3.63) is 0 Å². The number of rotatable bonds is 8. The molecule has 2 N–H and O–H groups in total. The Balaban J connectivity index is 2.03. The van der Waals surface area contributed by atoms with Crippen LogP contribution in [0.15, 0.2) is 0 Å². The van der Waals surface area contributed by atoms with E-state index in [-0.39, 0.29) is 11.8 Å². The number of ether oxygens (including phenoxy) is 1. The summed E-state index contributed by atoms with van der Waals surface area (Å²) < 4.78 is 5.37. The van der Waals surface area contributed by atoms with Crippen LogP contribution in [0.2, 0.25) is 0 Å². The van der Waals surface area contributed by atoms with Gasteiger partial charge < -0.3 is 15.3 Å². The quantitative estimate of drug-likeness (QED) is 0.530. The van der Waals surface area contributed by atoms with Crippen LogP contribution in [0.4, 0.5) is 0 Å². The number of carbonyl (C=O) groups excluding carboxylic acids is 1. The fourth-order valence-electron chi connectivity index (χ4n) is 2.54. The molecule has 0 atom stereocenters. The van der Waals surface area contributed by atoms with Crippen molar-refractivity contribution in [3.63, 3.8) is 0 Å². The van der Waals surface area contributed by atoms with Crippen LogP contribution >= 0.6 is 0 Å². The largest absolute Gasteiger partial charge is 0.378 e. The maximum absolute atomic E-state index is 12.0. The maximum Gasteiger partial charge on any atom is 0.223 e. The van der Waals surface area contributed by atoms with E-state index in [0.29, 0.717) is 32.8 Å². The van der Waals surface area contributed by atoms with Crippen molar-refractivity contribution in [1.82, 2.24) is 10.4 Å². The molecule has 0 aromatic rings. The number of amides is 1. The first-order valence-electron chi connectivity index (χ1n) is 8.03. The Bertz CT molecular complexity index is 254. The van der Waals surface area contributed by atoms with Crippen LogP contribution in [0.3, 0.4) is 0 Å². The monoisotopic (exact) mass is 286 g/mol. The van der Waals surface area contributed by atoms with Gasteiger partial charge in [-0.1, -0.05) is 39.0 Å². The SMILES string of the molecule is CCN(O)CCOCCNC(=O)C1CCCCCCC1. The van der Waals surface area contributed by atoms with Gasteiger partial charge in [0.05, 0.1) is 13.2 Å². The van der Waals surface area contributed by atoms with E-state index in [1.807, 2.05) is 6.92 Å². The number of likely N-dealkylation sites (N-methyl/N-ethyl adjacent to an activating group) is 1. The van der Waals surface area contributed by atoms with Gasteiger partial charge in [0.2, 0.25) is 5.91 Å². The van der Waals surface area contributed by atoms with Crippen molar-refractivity contribution in [3.8, 4) is 0 Å². The van der Waals surface area contributed by atoms with E-state index in [4.69, 9.17) is 4.74 Å². The maximum atomic E-state index is 12.0.